The first-order valence-corrected chi connectivity index (χ1v) is 6.47. The van der Waals surface area contributed by atoms with Gasteiger partial charge in [-0.1, -0.05) is 30.3 Å². The third kappa shape index (κ3) is 2.81. The van der Waals surface area contributed by atoms with Crippen molar-refractivity contribution >= 4 is 12.0 Å². The summed E-state index contributed by atoms with van der Waals surface area (Å²) in [5.41, 5.74) is 2.45. The number of aliphatic imine (C=N–C) groups is 1. The molecular formula is C16H13N3O2. The van der Waals surface area contributed by atoms with Crippen LogP contribution in [0.2, 0.25) is 0 Å². The monoisotopic (exact) mass is 279 g/mol. The van der Waals surface area contributed by atoms with Gasteiger partial charge in [0.2, 0.25) is 0 Å². The van der Waals surface area contributed by atoms with Gasteiger partial charge < -0.3 is 4.52 Å². The highest BCUT2D eigenvalue weighted by molar-refractivity contribution is 5.89. The van der Waals surface area contributed by atoms with E-state index in [4.69, 9.17) is 4.52 Å². The Morgan fingerprint density at radius 3 is 2.81 bits per heavy atom. The summed E-state index contributed by atoms with van der Waals surface area (Å²) >= 11 is 0. The van der Waals surface area contributed by atoms with E-state index in [2.05, 4.69) is 15.1 Å². The zero-order valence-corrected chi connectivity index (χ0v) is 11.4. The lowest BCUT2D eigenvalue weighted by atomic mass is 10.1. The summed E-state index contributed by atoms with van der Waals surface area (Å²) in [6, 6.07) is 13.2. The smallest absolute Gasteiger partial charge is 0.338 e. The minimum absolute atomic E-state index is 0.379. The predicted molar refractivity (Wildman–Crippen MR) is 81.0 cm³/mol. The largest absolute Gasteiger partial charge is 0.366 e. The third-order valence-corrected chi connectivity index (χ3v) is 3.02. The Kier molecular flexibility index (Phi) is 3.47. The number of pyridine rings is 1. The number of nitrogens with one attached hydrogen (secondary N) is 1. The average Bonchev–Trinajstić information content (AvgIpc) is 2.87. The molecular weight excluding hydrogens is 266 g/mol. The van der Waals surface area contributed by atoms with Gasteiger partial charge in [-0.15, -0.1) is 0 Å². The molecule has 0 amide bonds. The highest BCUT2D eigenvalue weighted by atomic mass is 16.5. The summed E-state index contributed by atoms with van der Waals surface area (Å²) in [4.78, 5) is 20.2. The normalized spacial score (nSPS) is 11.1. The number of aryl methyl sites for hydroxylation is 1. The molecule has 3 rings (SSSR count). The first-order chi connectivity index (χ1) is 10.2. The van der Waals surface area contributed by atoms with Crippen molar-refractivity contribution in [2.45, 2.75) is 6.92 Å². The summed E-state index contributed by atoms with van der Waals surface area (Å²) in [7, 11) is 0. The molecule has 3 aromatic rings. The van der Waals surface area contributed by atoms with E-state index in [1.165, 1.54) is 6.21 Å². The van der Waals surface area contributed by atoms with Gasteiger partial charge >= 0.3 is 5.63 Å². The standard InChI is InChI=1S/C16H13N3O2/c1-11-7-8-17-14(9-11)18-10-13-15(19-21-16(13)20)12-5-3-2-4-6-12/h2-10,19H,1H3. The van der Waals surface area contributed by atoms with Crippen molar-refractivity contribution in [3.63, 3.8) is 0 Å². The van der Waals surface area contributed by atoms with Crippen LogP contribution in [0.15, 0.2) is 63.0 Å². The fraction of sp³-hybridized carbons (Fsp3) is 0.0625. The summed E-state index contributed by atoms with van der Waals surface area (Å²) in [6.07, 6.45) is 3.16. The van der Waals surface area contributed by atoms with Crippen LogP contribution in [0, 0.1) is 6.92 Å². The van der Waals surface area contributed by atoms with E-state index in [0.29, 0.717) is 17.1 Å². The Balaban J connectivity index is 2.00. The zero-order valence-electron chi connectivity index (χ0n) is 11.4. The van der Waals surface area contributed by atoms with Crippen LogP contribution in [0.1, 0.15) is 11.1 Å². The van der Waals surface area contributed by atoms with Crippen molar-refractivity contribution in [2.24, 2.45) is 4.99 Å². The Morgan fingerprint density at radius 1 is 1.24 bits per heavy atom. The minimum atomic E-state index is -0.453. The molecule has 1 N–H and O–H groups in total. The molecule has 0 aliphatic heterocycles. The van der Waals surface area contributed by atoms with E-state index in [1.807, 2.05) is 49.4 Å². The summed E-state index contributed by atoms with van der Waals surface area (Å²) in [5.74, 6) is 0.551. The molecule has 0 spiro atoms. The van der Waals surface area contributed by atoms with E-state index < -0.39 is 5.63 Å². The van der Waals surface area contributed by atoms with Gasteiger partial charge in [0.25, 0.3) is 0 Å². The molecule has 2 aromatic heterocycles. The molecule has 0 saturated heterocycles. The molecule has 0 aliphatic rings. The van der Waals surface area contributed by atoms with Gasteiger partial charge in [0.05, 0.1) is 5.69 Å². The molecule has 1 aromatic carbocycles. The van der Waals surface area contributed by atoms with Crippen molar-refractivity contribution in [2.75, 3.05) is 0 Å². The van der Waals surface area contributed by atoms with Crippen LogP contribution in [-0.4, -0.2) is 16.4 Å². The van der Waals surface area contributed by atoms with Gasteiger partial charge in [0, 0.05) is 18.0 Å². The zero-order chi connectivity index (χ0) is 14.7. The maximum absolute atomic E-state index is 11.8. The molecule has 21 heavy (non-hydrogen) atoms. The maximum Gasteiger partial charge on any atom is 0.366 e. The molecule has 0 aliphatic carbocycles. The van der Waals surface area contributed by atoms with Crippen LogP contribution in [0.25, 0.3) is 11.3 Å². The summed E-state index contributed by atoms with van der Waals surface area (Å²) in [5, 5.41) is 2.64. The Hall–Kier alpha value is -2.95. The van der Waals surface area contributed by atoms with E-state index in [-0.39, 0.29) is 0 Å². The van der Waals surface area contributed by atoms with Crippen molar-refractivity contribution in [3.8, 4) is 11.3 Å². The predicted octanol–water partition coefficient (Wildman–Crippen LogP) is 3.09. The lowest BCUT2D eigenvalue weighted by Gasteiger charge is -1.97. The lowest BCUT2D eigenvalue weighted by molar-refractivity contribution is 0.393. The van der Waals surface area contributed by atoms with Crippen molar-refractivity contribution in [1.29, 1.82) is 0 Å². The number of benzene rings is 1. The van der Waals surface area contributed by atoms with E-state index in [9.17, 15) is 4.79 Å². The third-order valence-electron chi connectivity index (χ3n) is 3.02. The molecule has 0 radical (unpaired) electrons. The van der Waals surface area contributed by atoms with Gasteiger partial charge in [0.15, 0.2) is 5.82 Å². The molecule has 2 heterocycles. The highest BCUT2D eigenvalue weighted by Crippen LogP contribution is 2.18. The summed E-state index contributed by atoms with van der Waals surface area (Å²) in [6.45, 7) is 1.96. The second-order valence-corrected chi connectivity index (χ2v) is 4.60. The number of aromatic nitrogens is 2. The first-order valence-electron chi connectivity index (χ1n) is 6.47. The molecule has 5 heteroatoms. The molecule has 104 valence electrons. The SMILES string of the molecule is Cc1ccnc(N=Cc2c(-c3ccccc3)[nH]oc2=O)c1. The van der Waals surface area contributed by atoms with E-state index >= 15 is 0 Å². The quantitative estimate of drug-likeness (QED) is 0.749. The van der Waals surface area contributed by atoms with Crippen molar-refractivity contribution < 1.29 is 4.52 Å². The van der Waals surface area contributed by atoms with Crippen molar-refractivity contribution in [3.05, 3.63) is 70.2 Å². The molecule has 0 saturated carbocycles. The van der Waals surface area contributed by atoms with Crippen LogP contribution < -0.4 is 5.63 Å². The van der Waals surface area contributed by atoms with Gasteiger partial charge in [-0.25, -0.2) is 19.9 Å². The van der Waals surface area contributed by atoms with Gasteiger partial charge in [-0.3, -0.25) is 0 Å². The maximum atomic E-state index is 11.8. The van der Waals surface area contributed by atoms with E-state index in [0.717, 1.165) is 11.1 Å². The number of aromatic amines is 1. The average molecular weight is 279 g/mol. The molecule has 5 nitrogen and oxygen atoms in total. The molecule has 0 fully saturated rings. The Bertz CT molecular complexity index is 832. The van der Waals surface area contributed by atoms with E-state index in [1.54, 1.807) is 6.20 Å². The fourth-order valence-electron chi connectivity index (χ4n) is 1.97. The molecule has 0 unspecified atom stereocenters. The Morgan fingerprint density at radius 2 is 2.05 bits per heavy atom. The van der Waals surface area contributed by atoms with Crippen molar-refractivity contribution in [1.82, 2.24) is 10.1 Å². The second kappa shape index (κ2) is 5.58. The number of nitrogens with zero attached hydrogens (tertiary/aromatic N) is 2. The van der Waals surface area contributed by atoms with Crippen LogP contribution in [0.5, 0.6) is 0 Å². The van der Waals surface area contributed by atoms with Crippen LogP contribution in [0.3, 0.4) is 0 Å². The molecule has 0 atom stereocenters. The van der Waals surface area contributed by atoms with Crippen LogP contribution in [0.4, 0.5) is 5.82 Å². The topological polar surface area (TPSA) is 71.2 Å². The number of rotatable bonds is 3. The van der Waals surface area contributed by atoms with Gasteiger partial charge in [-0.05, 0) is 24.6 Å². The Labute approximate surface area is 121 Å². The summed E-state index contributed by atoms with van der Waals surface area (Å²) < 4.78 is 4.87. The van der Waals surface area contributed by atoms with Gasteiger partial charge in [0.1, 0.15) is 5.56 Å². The van der Waals surface area contributed by atoms with Crippen LogP contribution in [-0.2, 0) is 0 Å². The van der Waals surface area contributed by atoms with Gasteiger partial charge in [-0.2, -0.15) is 0 Å². The first kappa shape index (κ1) is 13.1. The lowest BCUT2D eigenvalue weighted by Crippen LogP contribution is -2.01. The second-order valence-electron chi connectivity index (χ2n) is 4.60. The molecule has 0 bridgehead atoms. The fourth-order valence-corrected chi connectivity index (χ4v) is 1.97. The number of H-pyrrole nitrogens is 1. The highest BCUT2D eigenvalue weighted by Gasteiger charge is 2.11. The number of hydrogen-bond acceptors (Lipinski definition) is 4. The number of hydrogen-bond donors (Lipinski definition) is 1. The van der Waals surface area contributed by atoms with Crippen LogP contribution >= 0.6 is 0 Å². The minimum Gasteiger partial charge on any atom is -0.338 e.